The number of nitrogens with one attached hydrogen (secondary N) is 1. The Labute approximate surface area is 218 Å². The van der Waals surface area contributed by atoms with Gasteiger partial charge < -0.3 is 5.32 Å². The van der Waals surface area contributed by atoms with Gasteiger partial charge in [-0.2, -0.15) is 14.0 Å². The van der Waals surface area contributed by atoms with Crippen molar-refractivity contribution in [3.63, 3.8) is 0 Å². The minimum absolute atomic E-state index is 0.00689. The Bertz CT molecular complexity index is 1170. The molecule has 0 aromatic carbocycles. The number of halogens is 2. The van der Waals surface area contributed by atoms with Gasteiger partial charge >= 0.3 is 5.92 Å². The van der Waals surface area contributed by atoms with Crippen LogP contribution in [0.4, 0.5) is 8.78 Å². The van der Waals surface area contributed by atoms with Gasteiger partial charge in [0.05, 0.1) is 5.57 Å². The zero-order valence-corrected chi connectivity index (χ0v) is 22.5. The zero-order chi connectivity index (χ0) is 27.2. The molecule has 0 aliphatic heterocycles. The molecule has 5 rings (SSSR count). The smallest absolute Gasteiger partial charge is 0.321 e. The van der Waals surface area contributed by atoms with Gasteiger partial charge in [-0.25, -0.2) is 0 Å². The van der Waals surface area contributed by atoms with E-state index in [-0.39, 0.29) is 51.6 Å². The molecule has 0 saturated heterocycles. The van der Waals surface area contributed by atoms with Crippen molar-refractivity contribution in [1.29, 1.82) is 5.26 Å². The van der Waals surface area contributed by atoms with Crippen molar-refractivity contribution in [2.24, 2.45) is 39.9 Å². The van der Waals surface area contributed by atoms with Crippen LogP contribution in [-0.4, -0.2) is 28.9 Å². The van der Waals surface area contributed by atoms with Crippen LogP contribution in [0.3, 0.4) is 0 Å². The number of nitriles is 1. The van der Waals surface area contributed by atoms with Gasteiger partial charge in [0.2, 0.25) is 0 Å². The summed E-state index contributed by atoms with van der Waals surface area (Å²) in [5, 5.41) is 12.4. The zero-order valence-electron chi connectivity index (χ0n) is 22.5. The lowest BCUT2D eigenvalue weighted by Gasteiger charge is -2.64. The first-order valence-electron chi connectivity index (χ1n) is 13.7. The van der Waals surface area contributed by atoms with Crippen LogP contribution in [0.25, 0.3) is 0 Å². The normalized spacial score (nSPS) is 42.6. The van der Waals surface area contributed by atoms with E-state index >= 15 is 0 Å². The molecule has 0 bridgehead atoms. The highest BCUT2D eigenvalue weighted by Gasteiger charge is 2.64. The number of carbonyl (C=O) groups is 3. The Morgan fingerprint density at radius 3 is 2.43 bits per heavy atom. The number of fused-ring (bicyclic) bond motifs is 7. The first-order chi connectivity index (χ1) is 17.1. The number of rotatable bonds is 2. The maximum absolute atomic E-state index is 14.1. The number of alkyl halides is 2. The Balaban J connectivity index is 1.60. The predicted molar refractivity (Wildman–Crippen MR) is 134 cm³/mol. The standard InChI is InChI=1S/C30H38F2N2O3/c1-26(2)10-11-30(34-25(37)29(5,31)32)9-7-19-24(20(30)15-26)22(36)13-23-27(19,3)8-6-18-12-21(35)17(16-33)14-28(18,23)4/h13-14,18-20,24H,6-12,15H2,1-5H3,(H,34,37). The molecular formula is C30H38F2N2O3. The van der Waals surface area contributed by atoms with E-state index in [2.05, 4.69) is 39.1 Å². The third-order valence-electron chi connectivity index (χ3n) is 11.0. The summed E-state index contributed by atoms with van der Waals surface area (Å²) in [7, 11) is 0. The summed E-state index contributed by atoms with van der Waals surface area (Å²) in [6.45, 7) is 9.24. The second-order valence-electron chi connectivity index (χ2n) is 13.8. The first-order valence-corrected chi connectivity index (χ1v) is 13.7. The highest BCUT2D eigenvalue weighted by atomic mass is 19.3. The summed E-state index contributed by atoms with van der Waals surface area (Å²) in [5.74, 6) is -5.32. The molecule has 200 valence electrons. The lowest BCUT2D eigenvalue weighted by atomic mass is 9.41. The molecule has 7 unspecified atom stereocenters. The van der Waals surface area contributed by atoms with E-state index in [1.807, 2.05) is 0 Å². The number of ketones is 2. The predicted octanol–water partition coefficient (Wildman–Crippen LogP) is 5.70. The van der Waals surface area contributed by atoms with E-state index in [4.69, 9.17) is 0 Å². The van der Waals surface area contributed by atoms with Crippen LogP contribution >= 0.6 is 0 Å². The third-order valence-corrected chi connectivity index (χ3v) is 11.0. The lowest BCUT2D eigenvalue weighted by molar-refractivity contribution is -0.155. The molecule has 0 heterocycles. The molecule has 5 aliphatic rings. The molecule has 0 spiro atoms. The van der Waals surface area contributed by atoms with Gasteiger partial charge in [-0.15, -0.1) is 0 Å². The maximum Gasteiger partial charge on any atom is 0.321 e. The van der Waals surface area contributed by atoms with Crippen molar-refractivity contribution in [2.45, 2.75) is 97.4 Å². The van der Waals surface area contributed by atoms with E-state index in [1.54, 1.807) is 12.2 Å². The van der Waals surface area contributed by atoms with Gasteiger partial charge in [0.15, 0.2) is 11.6 Å². The number of Topliss-reactive ketones (excluding diaryl/α,β-unsaturated/α-hetero) is 1. The first kappa shape index (κ1) is 26.3. The van der Waals surface area contributed by atoms with E-state index in [9.17, 15) is 28.4 Å². The molecule has 5 aliphatic carbocycles. The highest BCUT2D eigenvalue weighted by Crippen LogP contribution is 2.67. The van der Waals surface area contributed by atoms with Gasteiger partial charge in [-0.3, -0.25) is 14.4 Å². The van der Waals surface area contributed by atoms with E-state index < -0.39 is 22.8 Å². The summed E-state index contributed by atoms with van der Waals surface area (Å²) in [6.07, 6.45) is 8.93. The maximum atomic E-state index is 14.1. The molecule has 0 aromatic heterocycles. The minimum atomic E-state index is -3.48. The molecule has 1 amide bonds. The fraction of sp³-hybridized carbons (Fsp3) is 0.733. The average molecular weight is 513 g/mol. The summed E-state index contributed by atoms with van der Waals surface area (Å²) < 4.78 is 28.0. The third kappa shape index (κ3) is 3.84. The van der Waals surface area contributed by atoms with Crippen molar-refractivity contribution in [3.05, 3.63) is 23.3 Å². The molecule has 0 aromatic rings. The van der Waals surface area contributed by atoms with Crippen molar-refractivity contribution < 1.29 is 23.2 Å². The van der Waals surface area contributed by atoms with Crippen molar-refractivity contribution in [2.75, 3.05) is 0 Å². The van der Waals surface area contributed by atoms with Crippen LogP contribution in [0.1, 0.15) is 86.0 Å². The molecule has 3 fully saturated rings. The fourth-order valence-corrected chi connectivity index (χ4v) is 8.96. The fourth-order valence-electron chi connectivity index (χ4n) is 8.96. The molecule has 1 N–H and O–H groups in total. The van der Waals surface area contributed by atoms with E-state index in [0.717, 1.165) is 24.8 Å². The molecule has 7 heteroatoms. The van der Waals surface area contributed by atoms with Crippen LogP contribution in [-0.2, 0) is 14.4 Å². The van der Waals surface area contributed by atoms with Crippen molar-refractivity contribution in [1.82, 2.24) is 5.32 Å². The second-order valence-corrected chi connectivity index (χ2v) is 13.8. The monoisotopic (exact) mass is 512 g/mol. The van der Waals surface area contributed by atoms with E-state index in [0.29, 0.717) is 39.0 Å². The van der Waals surface area contributed by atoms with Crippen LogP contribution in [0.2, 0.25) is 0 Å². The second kappa shape index (κ2) is 8.07. The number of allylic oxidation sites excluding steroid dienone is 4. The SMILES string of the molecule is CC1(C)CCC2(NC(=O)C(C)(F)F)CCC3C(C(=O)C=C4C5(C)C=C(C#N)C(=O)CC5CCC43C)C2C1. The number of hydrogen-bond donors (Lipinski definition) is 1. The summed E-state index contributed by atoms with van der Waals surface area (Å²) >= 11 is 0. The highest BCUT2D eigenvalue weighted by molar-refractivity contribution is 6.01. The van der Waals surface area contributed by atoms with Crippen LogP contribution in [0, 0.1) is 51.2 Å². The molecule has 37 heavy (non-hydrogen) atoms. The van der Waals surface area contributed by atoms with Crippen LogP contribution in [0.5, 0.6) is 0 Å². The lowest BCUT2D eigenvalue weighted by Crippen LogP contribution is -2.67. The number of nitrogens with zero attached hydrogens (tertiary/aromatic N) is 1. The van der Waals surface area contributed by atoms with Crippen molar-refractivity contribution in [3.8, 4) is 6.07 Å². The van der Waals surface area contributed by atoms with E-state index in [1.165, 1.54) is 0 Å². The van der Waals surface area contributed by atoms with Gasteiger partial charge in [-0.05, 0) is 79.6 Å². The van der Waals surface area contributed by atoms with Crippen LogP contribution in [0.15, 0.2) is 23.3 Å². The quantitative estimate of drug-likeness (QED) is 0.514. The molecule has 3 saturated carbocycles. The van der Waals surface area contributed by atoms with Gasteiger partial charge in [0.25, 0.3) is 5.91 Å². The van der Waals surface area contributed by atoms with Crippen molar-refractivity contribution >= 4 is 17.5 Å². The summed E-state index contributed by atoms with van der Waals surface area (Å²) in [4.78, 5) is 39.1. The largest absolute Gasteiger partial charge is 0.345 e. The van der Waals surface area contributed by atoms with Gasteiger partial charge in [0.1, 0.15) is 6.07 Å². The van der Waals surface area contributed by atoms with Crippen LogP contribution < -0.4 is 5.32 Å². The Morgan fingerprint density at radius 1 is 1.08 bits per heavy atom. The van der Waals surface area contributed by atoms with Gasteiger partial charge in [-0.1, -0.05) is 39.3 Å². The minimum Gasteiger partial charge on any atom is -0.345 e. The molecule has 7 atom stereocenters. The number of carbonyl (C=O) groups excluding carboxylic acids is 3. The molecule has 5 nitrogen and oxygen atoms in total. The number of amides is 1. The summed E-state index contributed by atoms with van der Waals surface area (Å²) in [6, 6.07) is 2.07. The molecule has 0 radical (unpaired) electrons. The number of hydrogen-bond acceptors (Lipinski definition) is 4. The molecular weight excluding hydrogens is 474 g/mol. The average Bonchev–Trinajstić information content (AvgIpc) is 2.80. The topological polar surface area (TPSA) is 87.0 Å². The Hall–Kier alpha value is -2.36. The Kier molecular flexibility index (Phi) is 5.73. The van der Waals surface area contributed by atoms with Gasteiger partial charge in [0, 0.05) is 30.2 Å². The Morgan fingerprint density at radius 2 is 1.78 bits per heavy atom. The summed E-state index contributed by atoms with van der Waals surface area (Å²) in [5.41, 5.74) is -0.498.